The van der Waals surface area contributed by atoms with Crippen molar-refractivity contribution < 1.29 is 32.6 Å². The number of amides is 2. The Kier molecular flexibility index (Phi) is 6.49. The fourth-order valence-electron chi connectivity index (χ4n) is 3.77. The molecule has 0 atom stereocenters. The summed E-state index contributed by atoms with van der Waals surface area (Å²) < 4.78 is 32.1. The normalized spacial score (nSPS) is 14.7. The van der Waals surface area contributed by atoms with Crippen molar-refractivity contribution in [3.05, 3.63) is 57.8 Å². The smallest absolute Gasteiger partial charge is 0.345 e. The molecular formula is C21H18N6O8S2. The lowest BCUT2D eigenvalue weighted by atomic mass is 9.76. The summed E-state index contributed by atoms with van der Waals surface area (Å²) in [6, 6.07) is 5.86. The molecule has 3 aromatic rings. The summed E-state index contributed by atoms with van der Waals surface area (Å²) >= 11 is 0.670. The van der Waals surface area contributed by atoms with Gasteiger partial charge in [-0.1, -0.05) is 19.9 Å². The number of nitrogens with zero attached hydrogens (tertiary/aromatic N) is 4. The first-order chi connectivity index (χ1) is 17.3. The highest BCUT2D eigenvalue weighted by molar-refractivity contribution is 7.85. The molecular weight excluding hydrogens is 528 g/mol. The number of rotatable bonds is 6. The number of phenols is 1. The number of fused-ring (bicyclic) bond motifs is 1. The average molecular weight is 547 g/mol. The van der Waals surface area contributed by atoms with E-state index in [0.29, 0.717) is 11.3 Å². The molecule has 0 saturated heterocycles. The summed E-state index contributed by atoms with van der Waals surface area (Å²) in [6.07, 6.45) is 1.03. The van der Waals surface area contributed by atoms with E-state index in [2.05, 4.69) is 25.8 Å². The molecule has 4 rings (SSSR count). The Morgan fingerprint density at radius 1 is 1.30 bits per heavy atom. The highest BCUT2D eigenvalue weighted by Crippen LogP contribution is 2.50. The third kappa shape index (κ3) is 5.30. The van der Waals surface area contributed by atoms with Crippen LogP contribution in [0.4, 0.5) is 27.2 Å². The van der Waals surface area contributed by atoms with Crippen LogP contribution in [-0.2, 0) is 20.3 Å². The predicted octanol–water partition coefficient (Wildman–Crippen LogP) is 4.29. The maximum absolute atomic E-state index is 12.9. The van der Waals surface area contributed by atoms with Crippen LogP contribution in [0.25, 0.3) is 0 Å². The van der Waals surface area contributed by atoms with Gasteiger partial charge in [0.2, 0.25) is 11.0 Å². The first-order valence-electron chi connectivity index (χ1n) is 10.4. The minimum absolute atomic E-state index is 0.0105. The van der Waals surface area contributed by atoms with Crippen LogP contribution in [0.2, 0.25) is 0 Å². The van der Waals surface area contributed by atoms with E-state index in [1.165, 1.54) is 18.2 Å². The van der Waals surface area contributed by atoms with Crippen molar-refractivity contribution in [3.63, 3.8) is 0 Å². The third-order valence-corrected chi connectivity index (χ3v) is 7.05. The van der Waals surface area contributed by atoms with Crippen LogP contribution in [0.3, 0.4) is 0 Å². The van der Waals surface area contributed by atoms with Gasteiger partial charge in [-0.05, 0) is 35.6 Å². The molecule has 1 aromatic heterocycles. The summed E-state index contributed by atoms with van der Waals surface area (Å²) in [5.41, 5.74) is -0.718. The quantitative estimate of drug-likeness (QED) is 0.114. The fraction of sp³-hybridized carbons (Fsp3) is 0.190. The van der Waals surface area contributed by atoms with Gasteiger partial charge in [0.05, 0.1) is 21.2 Å². The summed E-state index contributed by atoms with van der Waals surface area (Å²) in [5, 5.41) is 34.7. The first kappa shape index (κ1) is 25.8. The second-order valence-electron chi connectivity index (χ2n) is 8.55. The van der Waals surface area contributed by atoms with Crippen LogP contribution in [0, 0.1) is 10.1 Å². The van der Waals surface area contributed by atoms with E-state index < -0.39 is 31.3 Å². The van der Waals surface area contributed by atoms with Gasteiger partial charge in [-0.2, -0.15) is 8.42 Å². The monoisotopic (exact) mass is 546 g/mol. The number of aromatic hydroxyl groups is 1. The summed E-state index contributed by atoms with van der Waals surface area (Å²) in [7, 11) is -4.56. The van der Waals surface area contributed by atoms with E-state index in [-0.39, 0.29) is 56.4 Å². The summed E-state index contributed by atoms with van der Waals surface area (Å²) in [5.74, 6) is -1.52. The number of hydrogen-bond donors (Lipinski definition) is 4. The number of hydrogen-bond acceptors (Lipinski definition) is 11. The Bertz CT molecular complexity index is 1600. The van der Waals surface area contributed by atoms with Crippen LogP contribution in [0.1, 0.15) is 36.2 Å². The molecule has 2 amide bonds. The molecule has 0 unspecified atom stereocenters. The second kappa shape index (κ2) is 9.30. The van der Waals surface area contributed by atoms with E-state index in [9.17, 15) is 37.8 Å². The van der Waals surface area contributed by atoms with E-state index in [1.807, 2.05) is 0 Å². The zero-order valence-electron chi connectivity index (χ0n) is 19.1. The number of benzene rings is 2. The molecule has 0 spiro atoms. The molecule has 0 saturated carbocycles. The van der Waals surface area contributed by atoms with Gasteiger partial charge < -0.3 is 15.7 Å². The van der Waals surface area contributed by atoms with Crippen LogP contribution in [-0.4, -0.2) is 39.8 Å². The molecule has 4 N–H and O–H groups in total. The number of thiazole rings is 1. The lowest BCUT2D eigenvalue weighted by molar-refractivity contribution is -0.380. The van der Waals surface area contributed by atoms with Gasteiger partial charge in [0.1, 0.15) is 17.6 Å². The number of carbonyl (C=O) groups excluding carboxylic acids is 2. The van der Waals surface area contributed by atoms with Crippen LogP contribution in [0.15, 0.2) is 51.7 Å². The molecule has 2 aromatic carbocycles. The van der Waals surface area contributed by atoms with Gasteiger partial charge in [0.15, 0.2) is 0 Å². The molecule has 192 valence electrons. The fourth-order valence-corrected chi connectivity index (χ4v) is 4.85. The highest BCUT2D eigenvalue weighted by atomic mass is 32.2. The zero-order chi connectivity index (χ0) is 27.1. The molecule has 0 bridgehead atoms. The minimum atomic E-state index is -4.56. The summed E-state index contributed by atoms with van der Waals surface area (Å²) in [6.45, 7) is 3.41. The molecule has 14 nitrogen and oxygen atoms in total. The van der Waals surface area contributed by atoms with Crippen molar-refractivity contribution >= 4 is 60.5 Å². The molecule has 0 radical (unpaired) electrons. The molecule has 0 fully saturated rings. The SMILES string of the molecule is CC1(C)CC(=O)Nc2c(N=Nc3ncc([N+](=O)[O-])s3)cc(NC(=O)c3cccc(S(=O)(=O)O)c3)c(O)c21. The first-order valence-corrected chi connectivity index (χ1v) is 12.6. The number of nitrogens with one attached hydrogen (secondary N) is 2. The molecule has 0 aliphatic carbocycles. The highest BCUT2D eigenvalue weighted by Gasteiger charge is 2.37. The van der Waals surface area contributed by atoms with Crippen molar-refractivity contribution in [2.75, 3.05) is 10.6 Å². The lowest BCUT2D eigenvalue weighted by Crippen LogP contribution is -2.33. The Balaban J connectivity index is 1.79. The van der Waals surface area contributed by atoms with Gasteiger partial charge in [-0.15, -0.1) is 10.2 Å². The Morgan fingerprint density at radius 3 is 2.68 bits per heavy atom. The van der Waals surface area contributed by atoms with Gasteiger partial charge in [0.25, 0.3) is 16.0 Å². The Hall–Kier alpha value is -4.28. The molecule has 1 aliphatic heterocycles. The number of nitro groups is 1. The van der Waals surface area contributed by atoms with Gasteiger partial charge >= 0.3 is 5.00 Å². The van der Waals surface area contributed by atoms with Crippen molar-refractivity contribution in [1.29, 1.82) is 0 Å². The standard InChI is InChI=1S/C21H18N6O8S2/c1-21(2)8-14(28)24-17-12(25-26-20-22-9-15(36-20)27(31)32)7-13(18(29)16(17)21)23-19(30)10-4-3-5-11(6-10)37(33,34)35/h3-7,9,29H,8H2,1-2H3,(H,23,30)(H,24,28)(H,33,34,35). The van der Waals surface area contributed by atoms with Crippen molar-refractivity contribution in [2.24, 2.45) is 10.2 Å². The maximum Gasteiger partial charge on any atom is 0.345 e. The third-order valence-electron chi connectivity index (χ3n) is 5.37. The van der Waals surface area contributed by atoms with E-state index in [1.54, 1.807) is 13.8 Å². The summed E-state index contributed by atoms with van der Waals surface area (Å²) in [4.78, 5) is 38.8. The van der Waals surface area contributed by atoms with E-state index >= 15 is 0 Å². The minimum Gasteiger partial charge on any atom is -0.505 e. The number of aromatic nitrogens is 1. The number of phenolic OH excluding ortho intramolecular Hbond substituents is 1. The van der Waals surface area contributed by atoms with Crippen LogP contribution >= 0.6 is 11.3 Å². The Labute approximate surface area is 213 Å². The molecule has 2 heterocycles. The molecule has 37 heavy (non-hydrogen) atoms. The number of azo groups is 1. The molecule has 1 aliphatic rings. The topological polar surface area (TPSA) is 214 Å². The number of carbonyl (C=O) groups is 2. The van der Waals surface area contributed by atoms with Gasteiger partial charge in [0, 0.05) is 23.0 Å². The van der Waals surface area contributed by atoms with Crippen LogP contribution < -0.4 is 10.6 Å². The zero-order valence-corrected chi connectivity index (χ0v) is 20.8. The van der Waals surface area contributed by atoms with Gasteiger partial charge in [-0.3, -0.25) is 24.3 Å². The van der Waals surface area contributed by atoms with Gasteiger partial charge in [-0.25, -0.2) is 4.98 Å². The van der Waals surface area contributed by atoms with Crippen molar-refractivity contribution in [3.8, 4) is 5.75 Å². The molecule has 16 heteroatoms. The van der Waals surface area contributed by atoms with Crippen molar-refractivity contribution in [1.82, 2.24) is 4.98 Å². The maximum atomic E-state index is 12.9. The van der Waals surface area contributed by atoms with Crippen molar-refractivity contribution in [2.45, 2.75) is 30.6 Å². The van der Waals surface area contributed by atoms with E-state index in [0.717, 1.165) is 18.3 Å². The number of anilines is 2. The lowest BCUT2D eigenvalue weighted by Gasteiger charge is -2.34. The van der Waals surface area contributed by atoms with Crippen LogP contribution in [0.5, 0.6) is 5.75 Å². The predicted molar refractivity (Wildman–Crippen MR) is 132 cm³/mol. The largest absolute Gasteiger partial charge is 0.505 e. The van der Waals surface area contributed by atoms with E-state index in [4.69, 9.17) is 0 Å². The Morgan fingerprint density at radius 2 is 2.03 bits per heavy atom. The average Bonchev–Trinajstić information content (AvgIpc) is 3.28. The second-order valence-corrected chi connectivity index (χ2v) is 11.0.